The average Bonchev–Trinajstić information content (AvgIpc) is 3.23. The molecule has 2 aromatic heterocycles. The first-order chi connectivity index (χ1) is 16.9. The molecule has 12 heteroatoms. The van der Waals surface area contributed by atoms with Gasteiger partial charge in [-0.05, 0) is 30.5 Å². The van der Waals surface area contributed by atoms with Crippen molar-refractivity contribution in [3.8, 4) is 5.75 Å². The van der Waals surface area contributed by atoms with Crippen LogP contribution in [0.25, 0.3) is 5.65 Å². The van der Waals surface area contributed by atoms with Gasteiger partial charge in [-0.2, -0.15) is 5.10 Å². The fourth-order valence-corrected chi connectivity index (χ4v) is 4.07. The zero-order valence-electron chi connectivity index (χ0n) is 18.5. The van der Waals surface area contributed by atoms with Crippen molar-refractivity contribution in [1.82, 2.24) is 30.5 Å². The molecule has 35 heavy (non-hydrogen) atoms. The van der Waals surface area contributed by atoms with Gasteiger partial charge in [0, 0.05) is 31.1 Å². The molecule has 0 saturated carbocycles. The third kappa shape index (κ3) is 4.54. The van der Waals surface area contributed by atoms with Gasteiger partial charge in [0.15, 0.2) is 17.2 Å². The molecule has 2 aliphatic heterocycles. The van der Waals surface area contributed by atoms with Crippen molar-refractivity contribution in [2.45, 2.75) is 31.8 Å². The van der Waals surface area contributed by atoms with E-state index in [9.17, 15) is 23.6 Å². The van der Waals surface area contributed by atoms with Gasteiger partial charge < -0.3 is 20.7 Å². The second kappa shape index (κ2) is 9.12. The van der Waals surface area contributed by atoms with Crippen molar-refractivity contribution in [1.29, 1.82) is 0 Å². The molecule has 3 aromatic rings. The van der Waals surface area contributed by atoms with Crippen LogP contribution >= 0.6 is 0 Å². The van der Waals surface area contributed by atoms with Crippen LogP contribution in [0.2, 0.25) is 0 Å². The summed E-state index contributed by atoms with van der Waals surface area (Å²) in [6.07, 6.45) is 2.32. The van der Waals surface area contributed by atoms with Gasteiger partial charge >= 0.3 is 0 Å². The van der Waals surface area contributed by atoms with Crippen LogP contribution in [0.5, 0.6) is 5.75 Å². The Labute approximate surface area is 198 Å². The Morgan fingerprint density at radius 2 is 2.09 bits per heavy atom. The lowest BCUT2D eigenvalue weighted by Crippen LogP contribution is -2.50. The maximum absolute atomic E-state index is 14.3. The van der Waals surface area contributed by atoms with E-state index in [2.05, 4.69) is 26.0 Å². The summed E-state index contributed by atoms with van der Waals surface area (Å²) in [4.78, 5) is 53.5. The van der Waals surface area contributed by atoms with Crippen molar-refractivity contribution >= 4 is 29.2 Å². The van der Waals surface area contributed by atoms with Crippen LogP contribution in [-0.4, -0.2) is 57.3 Å². The first-order valence-electron chi connectivity index (χ1n) is 11.1. The monoisotopic (exact) mass is 480 g/mol. The molecule has 180 valence electrons. The molecule has 3 amide bonds. The molecule has 5 rings (SSSR count). The Bertz CT molecular complexity index is 1370. The number of fused-ring (bicyclic) bond motifs is 2. The van der Waals surface area contributed by atoms with Crippen LogP contribution in [0.15, 0.2) is 30.5 Å². The number of amides is 3. The SMILES string of the molecule is O=C1COc2ccc(CNC(=O)c3cc(C(=O)NC4CCCNC4=O)n4ncc(F)c4n3)cc2C1. The highest BCUT2D eigenvalue weighted by Crippen LogP contribution is 2.24. The topological polar surface area (TPSA) is 144 Å². The van der Waals surface area contributed by atoms with E-state index in [-0.39, 0.29) is 48.3 Å². The Balaban J connectivity index is 1.36. The normalized spacial score (nSPS) is 17.3. The molecule has 0 aliphatic carbocycles. The number of nitrogens with zero attached hydrogens (tertiary/aromatic N) is 3. The number of Topliss-reactive ketones (excluding diaryl/α,β-unsaturated/α-hetero) is 1. The summed E-state index contributed by atoms with van der Waals surface area (Å²) in [5.41, 5.74) is 0.853. The van der Waals surface area contributed by atoms with Gasteiger partial charge in [-0.25, -0.2) is 13.9 Å². The molecule has 1 saturated heterocycles. The van der Waals surface area contributed by atoms with Gasteiger partial charge in [0.05, 0.1) is 6.20 Å². The summed E-state index contributed by atoms with van der Waals surface area (Å²) in [5.74, 6) is -1.83. The van der Waals surface area contributed by atoms with E-state index in [1.807, 2.05) is 0 Å². The molecule has 4 heterocycles. The third-order valence-electron chi connectivity index (χ3n) is 5.84. The second-order valence-electron chi connectivity index (χ2n) is 8.34. The fraction of sp³-hybridized carbons (Fsp3) is 0.304. The molecule has 2 aliphatic rings. The predicted octanol–water partition coefficient (Wildman–Crippen LogP) is 0.311. The van der Waals surface area contributed by atoms with E-state index in [1.165, 1.54) is 6.07 Å². The van der Waals surface area contributed by atoms with Gasteiger partial charge in [-0.15, -0.1) is 0 Å². The first-order valence-corrected chi connectivity index (χ1v) is 11.1. The van der Waals surface area contributed by atoms with Gasteiger partial charge in [0.2, 0.25) is 5.91 Å². The number of aromatic nitrogens is 3. The third-order valence-corrected chi connectivity index (χ3v) is 5.84. The van der Waals surface area contributed by atoms with Crippen LogP contribution < -0.4 is 20.7 Å². The maximum atomic E-state index is 14.3. The van der Waals surface area contributed by atoms with Crippen LogP contribution in [0.3, 0.4) is 0 Å². The molecule has 1 aromatic carbocycles. The van der Waals surface area contributed by atoms with E-state index >= 15 is 0 Å². The molecule has 1 atom stereocenters. The van der Waals surface area contributed by atoms with Gasteiger partial charge in [-0.3, -0.25) is 19.2 Å². The number of hydrogen-bond donors (Lipinski definition) is 3. The lowest BCUT2D eigenvalue weighted by atomic mass is 10.0. The van der Waals surface area contributed by atoms with Crippen molar-refractivity contribution in [3.05, 3.63) is 58.8 Å². The molecule has 1 unspecified atom stereocenters. The number of nitrogens with one attached hydrogen (secondary N) is 3. The highest BCUT2D eigenvalue weighted by molar-refractivity contribution is 6.00. The number of carbonyl (C=O) groups is 4. The largest absolute Gasteiger partial charge is 0.486 e. The number of ketones is 1. The number of piperidine rings is 1. The first kappa shape index (κ1) is 22.4. The van der Waals surface area contributed by atoms with Crippen LogP contribution in [0.1, 0.15) is 44.9 Å². The maximum Gasteiger partial charge on any atom is 0.270 e. The Morgan fingerprint density at radius 1 is 1.23 bits per heavy atom. The van der Waals surface area contributed by atoms with Gasteiger partial charge in [-0.1, -0.05) is 6.07 Å². The molecule has 11 nitrogen and oxygen atoms in total. The number of hydrogen-bond acceptors (Lipinski definition) is 7. The van der Waals surface area contributed by atoms with E-state index in [0.717, 1.165) is 21.8 Å². The summed E-state index contributed by atoms with van der Waals surface area (Å²) in [6, 6.07) is 5.73. The van der Waals surface area contributed by atoms with Crippen molar-refractivity contribution in [2.24, 2.45) is 0 Å². The molecule has 1 fully saturated rings. The number of rotatable bonds is 5. The number of halogens is 1. The average molecular weight is 480 g/mol. The van der Waals surface area contributed by atoms with E-state index in [0.29, 0.717) is 25.1 Å². The van der Waals surface area contributed by atoms with E-state index < -0.39 is 23.7 Å². The minimum absolute atomic E-state index is 0.0319. The number of carbonyl (C=O) groups excluding carboxylic acids is 4. The minimum Gasteiger partial charge on any atom is -0.486 e. The lowest BCUT2D eigenvalue weighted by Gasteiger charge is -2.22. The van der Waals surface area contributed by atoms with E-state index in [4.69, 9.17) is 4.74 Å². The zero-order chi connectivity index (χ0) is 24.5. The molecule has 0 radical (unpaired) electrons. The summed E-state index contributed by atoms with van der Waals surface area (Å²) in [5, 5.41) is 11.8. The highest BCUT2D eigenvalue weighted by atomic mass is 19.1. The summed E-state index contributed by atoms with van der Waals surface area (Å²) < 4.78 is 20.6. The van der Waals surface area contributed by atoms with Crippen molar-refractivity contribution in [3.63, 3.8) is 0 Å². The molecule has 3 N–H and O–H groups in total. The lowest BCUT2D eigenvalue weighted by molar-refractivity contribution is -0.124. The molecule has 0 spiro atoms. The predicted molar refractivity (Wildman–Crippen MR) is 118 cm³/mol. The Kier molecular flexibility index (Phi) is 5.85. The highest BCUT2D eigenvalue weighted by Gasteiger charge is 2.27. The number of benzene rings is 1. The zero-order valence-corrected chi connectivity index (χ0v) is 18.5. The molecule has 0 bridgehead atoms. The summed E-state index contributed by atoms with van der Waals surface area (Å²) in [6.45, 7) is 0.690. The van der Waals surface area contributed by atoms with Crippen molar-refractivity contribution in [2.75, 3.05) is 13.2 Å². The van der Waals surface area contributed by atoms with Gasteiger partial charge in [0.1, 0.15) is 29.8 Å². The quantitative estimate of drug-likeness (QED) is 0.477. The second-order valence-corrected chi connectivity index (χ2v) is 8.34. The standard InChI is InChI=1S/C23H21FN6O5/c24-15-10-27-30-18(23(34)29-16-2-1-5-25-21(16)32)8-17(28-20(15)30)22(33)26-9-12-3-4-19-13(6-12)7-14(31)11-35-19/h3-4,6,8,10,16H,1-2,5,7,9,11H2,(H,25,32)(H,26,33)(H,29,34). The van der Waals surface area contributed by atoms with Gasteiger partial charge in [0.25, 0.3) is 11.8 Å². The van der Waals surface area contributed by atoms with E-state index in [1.54, 1.807) is 18.2 Å². The minimum atomic E-state index is -0.802. The summed E-state index contributed by atoms with van der Waals surface area (Å²) >= 11 is 0. The van der Waals surface area contributed by atoms with Crippen molar-refractivity contribution < 1.29 is 28.3 Å². The van der Waals surface area contributed by atoms with Crippen LogP contribution in [-0.2, 0) is 22.6 Å². The Morgan fingerprint density at radius 3 is 2.91 bits per heavy atom. The number of ether oxygens (including phenoxy) is 1. The Hall–Kier alpha value is -4.35. The summed E-state index contributed by atoms with van der Waals surface area (Å²) in [7, 11) is 0. The molecular weight excluding hydrogens is 459 g/mol. The van der Waals surface area contributed by atoms with Crippen LogP contribution in [0, 0.1) is 5.82 Å². The van der Waals surface area contributed by atoms with Crippen LogP contribution in [0.4, 0.5) is 4.39 Å². The smallest absolute Gasteiger partial charge is 0.270 e. The molecular formula is C23H21FN6O5. The fourth-order valence-electron chi connectivity index (χ4n) is 4.07.